The molecular formula is C20H22F3N3O3S. The van der Waals surface area contributed by atoms with Gasteiger partial charge in [-0.3, -0.25) is 4.79 Å². The number of benzene rings is 2. The van der Waals surface area contributed by atoms with Crippen LogP contribution in [-0.4, -0.2) is 51.9 Å². The Morgan fingerprint density at radius 3 is 2.27 bits per heavy atom. The Kier molecular flexibility index (Phi) is 6.67. The molecule has 10 heteroatoms. The van der Waals surface area contributed by atoms with E-state index in [1.54, 1.807) is 4.90 Å². The van der Waals surface area contributed by atoms with Gasteiger partial charge in [0.1, 0.15) is 0 Å². The van der Waals surface area contributed by atoms with Crippen LogP contribution in [0.2, 0.25) is 0 Å². The van der Waals surface area contributed by atoms with Crippen molar-refractivity contribution in [2.45, 2.75) is 11.9 Å². The second kappa shape index (κ2) is 9.05. The summed E-state index contributed by atoms with van der Waals surface area (Å²) < 4.78 is 65.0. The van der Waals surface area contributed by atoms with Gasteiger partial charge in [0, 0.05) is 31.9 Å². The number of halogens is 3. The number of sulfonamides is 1. The van der Waals surface area contributed by atoms with Gasteiger partial charge in [-0.2, -0.15) is 13.2 Å². The third kappa shape index (κ3) is 5.96. The Morgan fingerprint density at radius 2 is 1.63 bits per heavy atom. The number of amides is 1. The van der Waals surface area contributed by atoms with Crippen LogP contribution in [-0.2, 0) is 26.7 Å². The molecule has 1 amide bonds. The van der Waals surface area contributed by atoms with Gasteiger partial charge in [-0.15, -0.1) is 0 Å². The summed E-state index contributed by atoms with van der Waals surface area (Å²) in [7, 11) is -3.96. The number of alkyl halides is 3. The van der Waals surface area contributed by atoms with E-state index in [2.05, 4.69) is 9.62 Å². The summed E-state index contributed by atoms with van der Waals surface area (Å²) in [5.41, 5.74) is 0.148. The van der Waals surface area contributed by atoms with Crippen LogP contribution in [0.4, 0.5) is 18.9 Å². The molecule has 1 saturated heterocycles. The zero-order valence-electron chi connectivity index (χ0n) is 16.1. The topological polar surface area (TPSA) is 69.7 Å². The van der Waals surface area contributed by atoms with Crippen LogP contribution in [0.1, 0.15) is 11.1 Å². The van der Waals surface area contributed by atoms with Crippen LogP contribution in [0, 0.1) is 0 Å². The monoisotopic (exact) mass is 441 g/mol. The van der Waals surface area contributed by atoms with Gasteiger partial charge in [0.05, 0.1) is 17.9 Å². The molecule has 0 spiro atoms. The normalized spacial score (nSPS) is 15.3. The highest BCUT2D eigenvalue weighted by Crippen LogP contribution is 2.29. The summed E-state index contributed by atoms with van der Waals surface area (Å²) in [6.07, 6.45) is -4.55. The highest BCUT2D eigenvalue weighted by molar-refractivity contribution is 7.88. The molecule has 0 aromatic heterocycles. The number of nitrogens with one attached hydrogen (secondary N) is 1. The first-order valence-corrected chi connectivity index (χ1v) is 11.0. The minimum atomic E-state index is -4.55. The molecule has 1 N–H and O–H groups in total. The van der Waals surface area contributed by atoms with Crippen LogP contribution in [0.15, 0.2) is 54.6 Å². The fourth-order valence-electron chi connectivity index (χ4n) is 3.24. The summed E-state index contributed by atoms with van der Waals surface area (Å²) in [4.78, 5) is 16.1. The van der Waals surface area contributed by atoms with E-state index in [1.165, 1.54) is 6.07 Å². The van der Waals surface area contributed by atoms with Crippen LogP contribution in [0.3, 0.4) is 0 Å². The third-order valence-corrected chi connectivity index (χ3v) is 6.11. The van der Waals surface area contributed by atoms with Crippen LogP contribution in [0.5, 0.6) is 0 Å². The predicted molar refractivity (Wildman–Crippen MR) is 107 cm³/mol. The van der Waals surface area contributed by atoms with Gasteiger partial charge in [0.2, 0.25) is 15.9 Å². The lowest BCUT2D eigenvalue weighted by atomic mass is 10.1. The molecular weight excluding hydrogens is 419 g/mol. The fourth-order valence-corrected chi connectivity index (χ4v) is 4.31. The van der Waals surface area contributed by atoms with Gasteiger partial charge >= 0.3 is 6.18 Å². The number of para-hydroxylation sites is 1. The van der Waals surface area contributed by atoms with E-state index in [0.717, 1.165) is 23.9 Å². The van der Waals surface area contributed by atoms with Gasteiger partial charge in [0.15, 0.2) is 0 Å². The molecule has 6 nitrogen and oxygen atoms in total. The smallest absolute Gasteiger partial charge is 0.368 e. The lowest BCUT2D eigenvalue weighted by Gasteiger charge is -2.36. The van der Waals surface area contributed by atoms with E-state index in [4.69, 9.17) is 0 Å². The Hall–Kier alpha value is -2.59. The second-order valence-corrected chi connectivity index (χ2v) is 8.79. The van der Waals surface area contributed by atoms with E-state index < -0.39 is 34.1 Å². The summed E-state index contributed by atoms with van der Waals surface area (Å²) >= 11 is 0. The summed E-state index contributed by atoms with van der Waals surface area (Å²) in [6, 6.07) is 13.9. The van der Waals surface area contributed by atoms with Crippen molar-refractivity contribution in [1.29, 1.82) is 0 Å². The van der Waals surface area contributed by atoms with E-state index in [0.29, 0.717) is 26.2 Å². The largest absolute Gasteiger partial charge is 0.416 e. The van der Waals surface area contributed by atoms with Crippen molar-refractivity contribution in [3.63, 3.8) is 0 Å². The second-order valence-electron chi connectivity index (χ2n) is 6.98. The lowest BCUT2D eigenvalue weighted by molar-refractivity contribution is -0.137. The number of hydrogen-bond acceptors (Lipinski definition) is 4. The molecule has 162 valence electrons. The maximum absolute atomic E-state index is 12.8. The molecule has 30 heavy (non-hydrogen) atoms. The quantitative estimate of drug-likeness (QED) is 0.748. The lowest BCUT2D eigenvalue weighted by Crippen LogP contribution is -2.51. The number of anilines is 1. The Labute approximate surface area is 173 Å². The summed E-state index contributed by atoms with van der Waals surface area (Å²) in [6.45, 7) is 1.76. The SMILES string of the molecule is O=C(CNS(=O)(=O)Cc1cccc(C(F)(F)F)c1)N1CCN(c2ccccc2)CC1. The molecule has 0 aliphatic carbocycles. The summed E-state index contributed by atoms with van der Waals surface area (Å²) in [5, 5.41) is 0. The maximum Gasteiger partial charge on any atom is 0.416 e. The average molecular weight is 441 g/mol. The van der Waals surface area contributed by atoms with Crippen molar-refractivity contribution >= 4 is 21.6 Å². The first-order valence-electron chi connectivity index (χ1n) is 9.35. The van der Waals surface area contributed by atoms with Gasteiger partial charge in [-0.25, -0.2) is 13.1 Å². The molecule has 0 unspecified atom stereocenters. The molecule has 1 fully saturated rings. The maximum atomic E-state index is 12.8. The zero-order chi connectivity index (χ0) is 21.8. The first-order chi connectivity index (χ1) is 14.1. The van der Waals surface area contributed by atoms with Crippen molar-refractivity contribution in [2.24, 2.45) is 0 Å². The molecule has 0 bridgehead atoms. The standard InChI is InChI=1S/C20H22F3N3O3S/c21-20(22,23)17-6-4-5-16(13-17)15-30(28,29)24-14-19(27)26-11-9-25(10-12-26)18-7-2-1-3-8-18/h1-8,13,24H,9-12,14-15H2. The molecule has 0 saturated carbocycles. The van der Waals surface area contributed by atoms with Crippen molar-refractivity contribution in [3.8, 4) is 0 Å². The predicted octanol–water partition coefficient (Wildman–Crippen LogP) is 2.47. The van der Waals surface area contributed by atoms with Gasteiger partial charge in [0.25, 0.3) is 0 Å². The Balaban J connectivity index is 1.51. The number of piperazine rings is 1. The third-order valence-electron chi connectivity index (χ3n) is 4.81. The highest BCUT2D eigenvalue weighted by atomic mass is 32.2. The number of carbonyl (C=O) groups is 1. The van der Waals surface area contributed by atoms with Gasteiger partial charge in [-0.1, -0.05) is 36.4 Å². The van der Waals surface area contributed by atoms with E-state index in [-0.39, 0.29) is 11.5 Å². The molecule has 0 atom stereocenters. The van der Waals surface area contributed by atoms with Gasteiger partial charge < -0.3 is 9.80 Å². The first kappa shape index (κ1) is 22.1. The van der Waals surface area contributed by atoms with Crippen molar-refractivity contribution < 1.29 is 26.4 Å². The minimum Gasteiger partial charge on any atom is -0.368 e. The average Bonchev–Trinajstić information content (AvgIpc) is 2.72. The van der Waals surface area contributed by atoms with Crippen LogP contribution < -0.4 is 9.62 Å². The minimum absolute atomic E-state index is 0.00116. The Morgan fingerprint density at radius 1 is 0.967 bits per heavy atom. The summed E-state index contributed by atoms with van der Waals surface area (Å²) in [5.74, 6) is -0.998. The Bertz CT molecular complexity index is 974. The molecule has 2 aromatic carbocycles. The van der Waals surface area contributed by atoms with Crippen LogP contribution in [0.25, 0.3) is 0 Å². The molecule has 1 heterocycles. The molecule has 2 aromatic rings. The van der Waals surface area contributed by atoms with Crippen molar-refractivity contribution in [3.05, 3.63) is 65.7 Å². The highest BCUT2D eigenvalue weighted by Gasteiger charge is 2.30. The number of hydrogen-bond donors (Lipinski definition) is 1. The molecule has 1 aliphatic rings. The van der Waals surface area contributed by atoms with E-state index >= 15 is 0 Å². The number of carbonyl (C=O) groups excluding carboxylic acids is 1. The van der Waals surface area contributed by atoms with E-state index in [9.17, 15) is 26.4 Å². The molecule has 0 radical (unpaired) electrons. The number of rotatable bonds is 6. The zero-order valence-corrected chi connectivity index (χ0v) is 16.9. The molecule has 3 rings (SSSR count). The van der Waals surface area contributed by atoms with Crippen LogP contribution >= 0.6 is 0 Å². The van der Waals surface area contributed by atoms with Crippen molar-refractivity contribution in [2.75, 3.05) is 37.6 Å². The van der Waals surface area contributed by atoms with E-state index in [1.807, 2.05) is 30.3 Å². The fraction of sp³-hybridized carbons (Fsp3) is 0.350. The van der Waals surface area contributed by atoms with Gasteiger partial charge in [-0.05, 0) is 23.8 Å². The molecule has 1 aliphatic heterocycles. The van der Waals surface area contributed by atoms with Crippen molar-refractivity contribution in [1.82, 2.24) is 9.62 Å². The number of nitrogens with zero attached hydrogens (tertiary/aromatic N) is 2.